The van der Waals surface area contributed by atoms with E-state index in [0.29, 0.717) is 36.2 Å². The van der Waals surface area contributed by atoms with Gasteiger partial charge in [0.15, 0.2) is 5.69 Å². The summed E-state index contributed by atoms with van der Waals surface area (Å²) >= 11 is 1.35. The van der Waals surface area contributed by atoms with Crippen LogP contribution in [0.15, 0.2) is 5.38 Å². The molecule has 0 aromatic carbocycles. The van der Waals surface area contributed by atoms with Gasteiger partial charge in [0, 0.05) is 11.8 Å². The third kappa shape index (κ3) is 7.48. The summed E-state index contributed by atoms with van der Waals surface area (Å²) in [6, 6.07) is 0. The molecular formula is C14H23Cl2N3O3S. The van der Waals surface area contributed by atoms with E-state index >= 15 is 0 Å². The van der Waals surface area contributed by atoms with Crippen molar-refractivity contribution in [2.45, 2.75) is 32.7 Å². The molecule has 1 amide bonds. The highest BCUT2D eigenvalue weighted by Gasteiger charge is 2.16. The quantitative estimate of drug-likeness (QED) is 0.705. The lowest BCUT2D eigenvalue weighted by atomic mass is 10.0. The highest BCUT2D eigenvalue weighted by molar-refractivity contribution is 7.09. The van der Waals surface area contributed by atoms with Crippen LogP contribution in [0.4, 0.5) is 0 Å². The van der Waals surface area contributed by atoms with Crippen LogP contribution in [-0.2, 0) is 16.1 Å². The smallest absolute Gasteiger partial charge is 0.357 e. The number of nitrogens with one attached hydrogen (secondary N) is 2. The van der Waals surface area contributed by atoms with E-state index in [0.717, 1.165) is 25.9 Å². The van der Waals surface area contributed by atoms with Gasteiger partial charge in [0.1, 0.15) is 5.01 Å². The molecule has 132 valence electrons. The first-order valence-electron chi connectivity index (χ1n) is 7.28. The molecular weight excluding hydrogens is 361 g/mol. The minimum absolute atomic E-state index is 0. The molecule has 23 heavy (non-hydrogen) atoms. The summed E-state index contributed by atoms with van der Waals surface area (Å²) in [6.45, 7) is 4.53. The zero-order chi connectivity index (χ0) is 15.1. The molecule has 2 rings (SSSR count). The van der Waals surface area contributed by atoms with Gasteiger partial charge < -0.3 is 15.4 Å². The van der Waals surface area contributed by atoms with Crippen molar-refractivity contribution in [3.05, 3.63) is 16.1 Å². The molecule has 0 saturated carbocycles. The highest BCUT2D eigenvalue weighted by atomic mass is 35.5. The van der Waals surface area contributed by atoms with Crippen LogP contribution in [0.2, 0.25) is 0 Å². The highest BCUT2D eigenvalue weighted by Crippen LogP contribution is 2.14. The van der Waals surface area contributed by atoms with Gasteiger partial charge in [-0.3, -0.25) is 4.79 Å². The van der Waals surface area contributed by atoms with Crippen LogP contribution in [0.1, 0.15) is 41.7 Å². The van der Waals surface area contributed by atoms with Crippen LogP contribution in [0.25, 0.3) is 0 Å². The Morgan fingerprint density at radius 3 is 2.91 bits per heavy atom. The van der Waals surface area contributed by atoms with E-state index in [1.165, 1.54) is 11.3 Å². The van der Waals surface area contributed by atoms with Crippen molar-refractivity contribution in [3.63, 3.8) is 0 Å². The molecule has 1 saturated heterocycles. The Balaban J connectivity index is 0.00000242. The monoisotopic (exact) mass is 383 g/mol. The minimum atomic E-state index is -0.417. The number of hydrogen-bond acceptors (Lipinski definition) is 6. The molecule has 2 N–H and O–H groups in total. The maximum Gasteiger partial charge on any atom is 0.357 e. The number of carbonyl (C=O) groups is 2. The maximum atomic E-state index is 11.8. The predicted octanol–water partition coefficient (Wildman–Crippen LogP) is 2.17. The Bertz CT molecular complexity index is 493. The van der Waals surface area contributed by atoms with E-state index in [-0.39, 0.29) is 30.7 Å². The van der Waals surface area contributed by atoms with Crippen molar-refractivity contribution in [2.24, 2.45) is 5.92 Å². The molecule has 1 aromatic rings. The second kappa shape index (κ2) is 11.6. The van der Waals surface area contributed by atoms with Gasteiger partial charge in [-0.2, -0.15) is 0 Å². The molecule has 6 nitrogen and oxygen atoms in total. The van der Waals surface area contributed by atoms with Crippen molar-refractivity contribution >= 4 is 48.0 Å². The van der Waals surface area contributed by atoms with Gasteiger partial charge in [-0.05, 0) is 38.8 Å². The summed E-state index contributed by atoms with van der Waals surface area (Å²) in [5, 5.41) is 8.51. The van der Waals surface area contributed by atoms with Crippen molar-refractivity contribution in [3.8, 4) is 0 Å². The van der Waals surface area contributed by atoms with E-state index in [1.54, 1.807) is 12.3 Å². The van der Waals surface area contributed by atoms with E-state index in [9.17, 15) is 9.59 Å². The molecule has 1 aliphatic rings. The number of nitrogens with zero attached hydrogens (tertiary/aromatic N) is 1. The van der Waals surface area contributed by atoms with Gasteiger partial charge in [0.25, 0.3) is 0 Å². The zero-order valence-electron chi connectivity index (χ0n) is 13.0. The van der Waals surface area contributed by atoms with E-state index in [2.05, 4.69) is 15.6 Å². The van der Waals surface area contributed by atoms with Gasteiger partial charge in [-0.1, -0.05) is 0 Å². The fraction of sp³-hybridized carbons (Fsp3) is 0.643. The van der Waals surface area contributed by atoms with E-state index in [4.69, 9.17) is 4.74 Å². The molecule has 1 aromatic heterocycles. The average Bonchev–Trinajstić information content (AvgIpc) is 3.14. The Kier molecular flexibility index (Phi) is 11.2. The van der Waals surface area contributed by atoms with Gasteiger partial charge in [-0.15, -0.1) is 36.2 Å². The SMILES string of the molecule is CCOC(=O)c1csc(CNC(=O)CCC2CCNC2)n1.Cl.Cl. The number of thiazole rings is 1. The predicted molar refractivity (Wildman–Crippen MR) is 94.6 cm³/mol. The van der Waals surface area contributed by atoms with E-state index in [1.807, 2.05) is 0 Å². The summed E-state index contributed by atoms with van der Waals surface area (Å²) < 4.78 is 4.87. The summed E-state index contributed by atoms with van der Waals surface area (Å²) in [5.74, 6) is 0.237. The molecule has 1 unspecified atom stereocenters. The normalized spacial score (nSPS) is 16.1. The number of esters is 1. The molecule has 0 radical (unpaired) electrons. The topological polar surface area (TPSA) is 80.3 Å². The standard InChI is InChI=1S/C14H21N3O3S.2ClH/c1-2-20-14(19)11-9-21-13(17-11)8-16-12(18)4-3-10-5-6-15-7-10;;/h9-10,15H,2-8H2,1H3,(H,16,18);2*1H. The lowest BCUT2D eigenvalue weighted by Gasteiger charge is -2.07. The first-order valence-corrected chi connectivity index (χ1v) is 8.16. The Hall–Kier alpha value is -0.890. The second-order valence-corrected chi connectivity index (χ2v) is 5.96. The number of ether oxygens (including phenoxy) is 1. The molecule has 1 aliphatic heterocycles. The number of carbonyl (C=O) groups excluding carboxylic acids is 2. The Morgan fingerprint density at radius 2 is 2.26 bits per heavy atom. The summed E-state index contributed by atoms with van der Waals surface area (Å²) in [7, 11) is 0. The molecule has 1 atom stereocenters. The molecule has 0 bridgehead atoms. The fourth-order valence-electron chi connectivity index (χ4n) is 2.25. The van der Waals surface area contributed by atoms with Crippen LogP contribution < -0.4 is 10.6 Å². The average molecular weight is 384 g/mol. The number of halogens is 2. The van der Waals surface area contributed by atoms with Crippen LogP contribution >= 0.6 is 36.2 Å². The zero-order valence-corrected chi connectivity index (χ0v) is 15.5. The lowest BCUT2D eigenvalue weighted by molar-refractivity contribution is -0.121. The van der Waals surface area contributed by atoms with Crippen LogP contribution in [-0.4, -0.2) is 36.6 Å². The lowest BCUT2D eigenvalue weighted by Crippen LogP contribution is -2.23. The van der Waals surface area contributed by atoms with Gasteiger partial charge in [0.05, 0.1) is 13.2 Å². The van der Waals surface area contributed by atoms with Crippen LogP contribution in [0, 0.1) is 5.92 Å². The first kappa shape index (κ1) is 22.1. The Labute approximate surface area is 152 Å². The summed E-state index contributed by atoms with van der Waals surface area (Å²) in [5.41, 5.74) is 0.308. The van der Waals surface area contributed by atoms with Crippen molar-refractivity contribution in [1.29, 1.82) is 0 Å². The van der Waals surface area contributed by atoms with Crippen molar-refractivity contribution < 1.29 is 14.3 Å². The molecule has 0 aliphatic carbocycles. The van der Waals surface area contributed by atoms with Crippen LogP contribution in [0.5, 0.6) is 0 Å². The third-order valence-electron chi connectivity index (χ3n) is 3.42. The second-order valence-electron chi connectivity index (χ2n) is 5.02. The van der Waals surface area contributed by atoms with Crippen LogP contribution in [0.3, 0.4) is 0 Å². The molecule has 9 heteroatoms. The largest absolute Gasteiger partial charge is 0.461 e. The number of amides is 1. The maximum absolute atomic E-state index is 11.8. The number of hydrogen-bond donors (Lipinski definition) is 2. The van der Waals surface area contributed by atoms with E-state index < -0.39 is 5.97 Å². The number of rotatable bonds is 7. The molecule has 1 fully saturated rings. The van der Waals surface area contributed by atoms with Gasteiger partial charge in [-0.25, -0.2) is 9.78 Å². The van der Waals surface area contributed by atoms with Gasteiger partial charge in [0.2, 0.25) is 5.91 Å². The molecule has 0 spiro atoms. The number of aromatic nitrogens is 1. The third-order valence-corrected chi connectivity index (χ3v) is 4.26. The van der Waals surface area contributed by atoms with Crippen molar-refractivity contribution in [2.75, 3.05) is 19.7 Å². The fourth-order valence-corrected chi connectivity index (χ4v) is 2.95. The van der Waals surface area contributed by atoms with Crippen molar-refractivity contribution in [1.82, 2.24) is 15.6 Å². The first-order chi connectivity index (χ1) is 10.2. The van der Waals surface area contributed by atoms with Gasteiger partial charge >= 0.3 is 5.97 Å². The Morgan fingerprint density at radius 1 is 1.48 bits per heavy atom. The summed E-state index contributed by atoms with van der Waals surface area (Å²) in [4.78, 5) is 27.4. The summed E-state index contributed by atoms with van der Waals surface area (Å²) in [6.07, 6.45) is 2.62. The molecule has 2 heterocycles. The minimum Gasteiger partial charge on any atom is -0.461 e.